The Balaban J connectivity index is 3.23. The molecule has 1 aromatic heterocycles. The molecule has 0 radical (unpaired) electrons. The van der Waals surface area contributed by atoms with Gasteiger partial charge in [-0.3, -0.25) is 4.79 Å². The Morgan fingerprint density at radius 2 is 2.05 bits per heavy atom. The number of hydrogen-bond acceptors (Lipinski definition) is 5. The zero-order chi connectivity index (χ0) is 15.3. The van der Waals surface area contributed by atoms with Gasteiger partial charge in [0.25, 0.3) is 0 Å². The third kappa shape index (κ3) is 4.44. The van der Waals surface area contributed by atoms with Gasteiger partial charge >= 0.3 is 12.3 Å². The number of esters is 1. The lowest BCUT2D eigenvalue weighted by atomic mass is 10.1. The summed E-state index contributed by atoms with van der Waals surface area (Å²) in [6.07, 6.45) is -5.19. The molecule has 0 unspecified atom stereocenters. The van der Waals surface area contributed by atoms with Crippen molar-refractivity contribution in [1.29, 1.82) is 0 Å². The van der Waals surface area contributed by atoms with Gasteiger partial charge in [0.15, 0.2) is 0 Å². The first kappa shape index (κ1) is 16.4. The van der Waals surface area contributed by atoms with Crippen LogP contribution in [0.25, 0.3) is 0 Å². The lowest BCUT2D eigenvalue weighted by molar-refractivity contribution is -0.276. The highest BCUT2D eigenvalue weighted by Gasteiger charge is 2.32. The fourth-order valence-corrected chi connectivity index (χ4v) is 1.67. The number of pyridine rings is 1. The van der Waals surface area contributed by atoms with Crippen LogP contribution < -0.4 is 9.47 Å². The van der Waals surface area contributed by atoms with Crippen molar-refractivity contribution >= 4 is 17.6 Å². The van der Waals surface area contributed by atoms with E-state index in [1.54, 1.807) is 0 Å². The number of carbonyl (C=O) groups is 1. The number of alkyl halides is 4. The van der Waals surface area contributed by atoms with E-state index in [1.807, 2.05) is 0 Å². The molecule has 0 aromatic carbocycles. The van der Waals surface area contributed by atoms with E-state index in [1.165, 1.54) is 7.11 Å². The van der Waals surface area contributed by atoms with Crippen LogP contribution in [0.5, 0.6) is 11.6 Å². The molecule has 0 aliphatic carbocycles. The molecular formula is C11H11ClF3NO4. The standard InChI is InChI=1S/C11H11ClF3NO4/c1-18-9(17)4-6-3-8(20-11(13,14)15)16-7(5-12)10(6)19-2/h3H,4-5H2,1-2H3. The van der Waals surface area contributed by atoms with E-state index in [0.717, 1.165) is 13.2 Å². The summed E-state index contributed by atoms with van der Waals surface area (Å²) >= 11 is 5.60. The summed E-state index contributed by atoms with van der Waals surface area (Å²) in [4.78, 5) is 14.8. The molecule has 5 nitrogen and oxygen atoms in total. The average molecular weight is 314 g/mol. The number of hydrogen-bond donors (Lipinski definition) is 0. The number of methoxy groups -OCH3 is 2. The Hall–Kier alpha value is -1.70. The lowest BCUT2D eigenvalue weighted by Crippen LogP contribution is -2.19. The molecule has 0 atom stereocenters. The molecule has 112 valence electrons. The zero-order valence-electron chi connectivity index (χ0n) is 10.6. The molecule has 0 N–H and O–H groups in total. The Bertz CT molecular complexity index is 493. The van der Waals surface area contributed by atoms with Gasteiger partial charge in [0.2, 0.25) is 5.88 Å². The predicted octanol–water partition coefficient (Wildman–Crippen LogP) is 2.44. The van der Waals surface area contributed by atoms with Crippen molar-refractivity contribution < 1.29 is 32.2 Å². The van der Waals surface area contributed by atoms with Crippen LogP contribution in [-0.2, 0) is 21.8 Å². The Morgan fingerprint density at radius 1 is 1.40 bits per heavy atom. The quantitative estimate of drug-likeness (QED) is 0.617. The van der Waals surface area contributed by atoms with Gasteiger partial charge in [-0.15, -0.1) is 24.8 Å². The van der Waals surface area contributed by atoms with Crippen LogP contribution >= 0.6 is 11.6 Å². The summed E-state index contributed by atoms with van der Waals surface area (Å²) in [5, 5.41) is 0. The summed E-state index contributed by atoms with van der Waals surface area (Å²) in [5.41, 5.74) is 0.180. The molecule has 1 heterocycles. The highest BCUT2D eigenvalue weighted by atomic mass is 35.5. The molecule has 1 aromatic rings. The van der Waals surface area contributed by atoms with Crippen molar-refractivity contribution in [3.63, 3.8) is 0 Å². The molecule has 0 saturated heterocycles. The first-order valence-corrected chi connectivity index (χ1v) is 5.79. The maximum absolute atomic E-state index is 12.2. The van der Waals surface area contributed by atoms with Gasteiger partial charge in [-0.1, -0.05) is 0 Å². The molecular weight excluding hydrogens is 303 g/mol. The normalized spacial score (nSPS) is 11.1. The highest BCUT2D eigenvalue weighted by Crippen LogP contribution is 2.30. The maximum atomic E-state index is 12.2. The van der Waals surface area contributed by atoms with Crippen molar-refractivity contribution in [2.45, 2.75) is 18.7 Å². The number of nitrogens with zero attached hydrogens (tertiary/aromatic N) is 1. The van der Waals surface area contributed by atoms with Crippen molar-refractivity contribution in [3.8, 4) is 11.6 Å². The minimum Gasteiger partial charge on any atom is -0.494 e. The third-order valence-electron chi connectivity index (χ3n) is 2.21. The summed E-state index contributed by atoms with van der Waals surface area (Å²) < 4.78 is 49.8. The largest absolute Gasteiger partial charge is 0.574 e. The first-order chi connectivity index (χ1) is 9.30. The molecule has 20 heavy (non-hydrogen) atoms. The summed E-state index contributed by atoms with van der Waals surface area (Å²) in [6, 6.07) is 0.958. The van der Waals surface area contributed by atoms with E-state index in [4.69, 9.17) is 16.3 Å². The topological polar surface area (TPSA) is 57.7 Å². The van der Waals surface area contributed by atoms with Crippen LogP contribution in [0, 0.1) is 0 Å². The second kappa shape index (κ2) is 6.65. The number of halogens is 4. The fraction of sp³-hybridized carbons (Fsp3) is 0.455. The van der Waals surface area contributed by atoms with Crippen LogP contribution in [0.2, 0.25) is 0 Å². The van der Waals surface area contributed by atoms with Crippen LogP contribution in [0.3, 0.4) is 0 Å². The van der Waals surface area contributed by atoms with E-state index in [0.29, 0.717) is 0 Å². The van der Waals surface area contributed by atoms with E-state index >= 15 is 0 Å². The van der Waals surface area contributed by atoms with Crippen molar-refractivity contribution in [2.24, 2.45) is 0 Å². The van der Waals surface area contributed by atoms with Gasteiger partial charge in [-0.2, -0.15) is 0 Å². The van der Waals surface area contributed by atoms with Gasteiger partial charge in [-0.25, -0.2) is 4.98 Å². The number of carbonyl (C=O) groups excluding carboxylic acids is 1. The van der Waals surface area contributed by atoms with Gasteiger partial charge in [0.05, 0.1) is 26.5 Å². The van der Waals surface area contributed by atoms with E-state index in [2.05, 4.69) is 14.5 Å². The number of rotatable bonds is 5. The molecule has 0 fully saturated rings. The van der Waals surface area contributed by atoms with Crippen LogP contribution in [0.15, 0.2) is 6.07 Å². The van der Waals surface area contributed by atoms with Gasteiger partial charge < -0.3 is 14.2 Å². The highest BCUT2D eigenvalue weighted by molar-refractivity contribution is 6.17. The second-order valence-electron chi connectivity index (χ2n) is 3.53. The van der Waals surface area contributed by atoms with Crippen LogP contribution in [0.1, 0.15) is 11.3 Å². The number of aromatic nitrogens is 1. The Morgan fingerprint density at radius 3 is 2.50 bits per heavy atom. The van der Waals surface area contributed by atoms with Gasteiger partial charge in [0, 0.05) is 11.6 Å². The molecule has 0 saturated carbocycles. The van der Waals surface area contributed by atoms with Crippen molar-refractivity contribution in [1.82, 2.24) is 4.98 Å². The Labute approximate surface area is 117 Å². The van der Waals surface area contributed by atoms with Crippen molar-refractivity contribution in [3.05, 3.63) is 17.3 Å². The minimum atomic E-state index is -4.90. The average Bonchev–Trinajstić information content (AvgIpc) is 2.35. The summed E-state index contributed by atoms with van der Waals surface area (Å²) in [7, 11) is 2.45. The molecule has 0 amide bonds. The summed E-state index contributed by atoms with van der Waals surface area (Å²) in [5.74, 6) is -1.44. The predicted molar refractivity (Wildman–Crippen MR) is 62.7 cm³/mol. The minimum absolute atomic E-state index is 0.0369. The van der Waals surface area contributed by atoms with E-state index < -0.39 is 18.2 Å². The van der Waals surface area contributed by atoms with E-state index in [9.17, 15) is 18.0 Å². The Kier molecular flexibility index (Phi) is 5.43. The molecule has 0 aliphatic rings. The molecule has 0 aliphatic heterocycles. The smallest absolute Gasteiger partial charge is 0.494 e. The van der Waals surface area contributed by atoms with Crippen LogP contribution in [0.4, 0.5) is 13.2 Å². The van der Waals surface area contributed by atoms with E-state index in [-0.39, 0.29) is 29.3 Å². The van der Waals surface area contributed by atoms with Gasteiger partial charge in [-0.05, 0) is 0 Å². The van der Waals surface area contributed by atoms with Crippen molar-refractivity contribution in [2.75, 3.05) is 14.2 Å². The zero-order valence-corrected chi connectivity index (χ0v) is 11.3. The maximum Gasteiger partial charge on any atom is 0.574 e. The molecule has 0 spiro atoms. The number of ether oxygens (including phenoxy) is 3. The molecule has 1 rings (SSSR count). The monoisotopic (exact) mass is 313 g/mol. The fourth-order valence-electron chi connectivity index (χ4n) is 1.49. The second-order valence-corrected chi connectivity index (χ2v) is 3.80. The molecule has 9 heteroatoms. The SMILES string of the molecule is COC(=O)Cc1cc(OC(F)(F)F)nc(CCl)c1OC. The van der Waals surface area contributed by atoms with Gasteiger partial charge in [0.1, 0.15) is 11.4 Å². The molecule has 0 bridgehead atoms. The first-order valence-electron chi connectivity index (χ1n) is 5.26. The summed E-state index contributed by atoms with van der Waals surface area (Å²) in [6.45, 7) is 0. The van der Waals surface area contributed by atoms with Crippen LogP contribution in [-0.4, -0.2) is 31.5 Å². The lowest BCUT2D eigenvalue weighted by Gasteiger charge is -2.14. The third-order valence-corrected chi connectivity index (χ3v) is 2.46.